The summed E-state index contributed by atoms with van der Waals surface area (Å²) >= 11 is 1.50. The molecule has 0 bridgehead atoms. The van der Waals surface area contributed by atoms with Crippen molar-refractivity contribution in [1.82, 2.24) is 29.1 Å². The summed E-state index contributed by atoms with van der Waals surface area (Å²) in [6.45, 7) is 10.4. The minimum absolute atomic E-state index is 0. The van der Waals surface area contributed by atoms with Crippen molar-refractivity contribution in [3.05, 3.63) is 24.5 Å². The third kappa shape index (κ3) is 5.53. The fourth-order valence-electron chi connectivity index (χ4n) is 2.74. The molecule has 0 spiro atoms. The molecule has 2 aromatic heterocycles. The normalized spacial score (nSPS) is 15.1. The lowest BCUT2D eigenvalue weighted by Gasteiger charge is -2.36. The maximum atomic E-state index is 4.77. The number of aromatic nitrogens is 4. The molecule has 0 aliphatic carbocycles. The van der Waals surface area contributed by atoms with Gasteiger partial charge in [0.25, 0.3) is 0 Å². The molecule has 1 fully saturated rings. The number of aliphatic imine (C=N–C) groups is 1. The summed E-state index contributed by atoms with van der Waals surface area (Å²) < 4.78 is 6.44. The maximum absolute atomic E-state index is 4.77. The summed E-state index contributed by atoms with van der Waals surface area (Å²) in [6, 6.07) is 0. The van der Waals surface area contributed by atoms with Gasteiger partial charge < -0.3 is 19.7 Å². The van der Waals surface area contributed by atoms with Gasteiger partial charge in [0.15, 0.2) is 5.96 Å². The van der Waals surface area contributed by atoms with Crippen molar-refractivity contribution in [1.29, 1.82) is 0 Å². The SMILES string of the molecule is CCNC(=NCCn1ccnc1)N1CCN(c2nc(CC)ns2)CC1.I. The van der Waals surface area contributed by atoms with E-state index >= 15 is 0 Å². The first-order valence-electron chi connectivity index (χ1n) is 8.86. The zero-order valence-electron chi connectivity index (χ0n) is 15.3. The Morgan fingerprint density at radius 1 is 1.27 bits per heavy atom. The van der Waals surface area contributed by atoms with E-state index in [1.54, 1.807) is 6.20 Å². The van der Waals surface area contributed by atoms with Gasteiger partial charge in [-0.05, 0) is 6.92 Å². The first kappa shape index (κ1) is 20.9. The summed E-state index contributed by atoms with van der Waals surface area (Å²) in [5, 5.41) is 4.45. The molecule has 26 heavy (non-hydrogen) atoms. The number of hydrogen-bond acceptors (Lipinski definition) is 6. The average Bonchev–Trinajstić information content (AvgIpc) is 3.33. The van der Waals surface area contributed by atoms with Gasteiger partial charge in [0.2, 0.25) is 5.13 Å². The molecule has 0 saturated carbocycles. The fourth-order valence-corrected chi connectivity index (χ4v) is 3.54. The summed E-state index contributed by atoms with van der Waals surface area (Å²) in [6.07, 6.45) is 6.48. The van der Waals surface area contributed by atoms with Crippen molar-refractivity contribution >= 4 is 46.6 Å². The monoisotopic (exact) mass is 490 g/mol. The van der Waals surface area contributed by atoms with E-state index < -0.39 is 0 Å². The molecule has 1 N–H and O–H groups in total. The van der Waals surface area contributed by atoms with Crippen LogP contribution in [0.1, 0.15) is 19.7 Å². The summed E-state index contributed by atoms with van der Waals surface area (Å²) in [5.74, 6) is 1.94. The average molecular weight is 490 g/mol. The Morgan fingerprint density at radius 3 is 2.69 bits per heavy atom. The second kappa shape index (κ2) is 10.7. The van der Waals surface area contributed by atoms with E-state index in [4.69, 9.17) is 4.99 Å². The molecule has 2 aromatic rings. The molecule has 10 heteroatoms. The van der Waals surface area contributed by atoms with Gasteiger partial charge in [-0.15, -0.1) is 24.0 Å². The van der Waals surface area contributed by atoms with Crippen LogP contribution in [0.15, 0.2) is 23.7 Å². The molecule has 1 saturated heterocycles. The van der Waals surface area contributed by atoms with Crippen LogP contribution in [0, 0.1) is 0 Å². The van der Waals surface area contributed by atoms with Crippen molar-refractivity contribution in [2.45, 2.75) is 26.8 Å². The van der Waals surface area contributed by atoms with Crippen LogP contribution < -0.4 is 10.2 Å². The number of hydrogen-bond donors (Lipinski definition) is 1. The number of halogens is 1. The third-order valence-electron chi connectivity index (χ3n) is 4.14. The Labute approximate surface area is 175 Å². The second-order valence-electron chi connectivity index (χ2n) is 5.86. The Balaban J connectivity index is 0.00000243. The van der Waals surface area contributed by atoms with Gasteiger partial charge in [0.1, 0.15) is 5.82 Å². The number of piperazine rings is 1. The molecule has 144 valence electrons. The highest BCUT2D eigenvalue weighted by Gasteiger charge is 2.21. The number of guanidine groups is 1. The van der Waals surface area contributed by atoms with Crippen LogP contribution in [0.3, 0.4) is 0 Å². The van der Waals surface area contributed by atoms with Gasteiger partial charge >= 0.3 is 0 Å². The third-order valence-corrected chi connectivity index (χ3v) is 4.95. The number of imidazole rings is 1. The van der Waals surface area contributed by atoms with Crippen molar-refractivity contribution in [2.24, 2.45) is 4.99 Å². The first-order chi connectivity index (χ1) is 12.3. The molecule has 0 radical (unpaired) electrons. The van der Waals surface area contributed by atoms with Crippen molar-refractivity contribution < 1.29 is 0 Å². The molecule has 0 atom stereocenters. The number of anilines is 1. The molecule has 0 aromatic carbocycles. The van der Waals surface area contributed by atoms with Gasteiger partial charge in [-0.2, -0.15) is 4.37 Å². The zero-order valence-corrected chi connectivity index (χ0v) is 18.5. The van der Waals surface area contributed by atoms with Gasteiger partial charge in [-0.1, -0.05) is 6.92 Å². The molecule has 1 aliphatic heterocycles. The smallest absolute Gasteiger partial charge is 0.205 e. The summed E-state index contributed by atoms with van der Waals surface area (Å²) in [7, 11) is 0. The van der Waals surface area contributed by atoms with E-state index in [9.17, 15) is 0 Å². The van der Waals surface area contributed by atoms with E-state index in [2.05, 4.69) is 43.3 Å². The Bertz CT molecular complexity index is 664. The fraction of sp³-hybridized carbons (Fsp3) is 0.625. The number of nitrogens with one attached hydrogen (secondary N) is 1. The van der Waals surface area contributed by atoms with Crippen molar-refractivity contribution in [2.75, 3.05) is 44.2 Å². The van der Waals surface area contributed by atoms with Crippen molar-refractivity contribution in [3.8, 4) is 0 Å². The number of nitrogens with zero attached hydrogens (tertiary/aromatic N) is 7. The predicted octanol–water partition coefficient (Wildman–Crippen LogP) is 1.70. The lowest BCUT2D eigenvalue weighted by molar-refractivity contribution is 0.372. The number of aryl methyl sites for hydroxylation is 1. The standard InChI is InChI=1S/C16H26N8S.HI/c1-3-14-20-16(25-21-14)24-11-9-23(10-12-24)15(18-4-2)19-6-8-22-7-5-17-13-22;/h5,7,13H,3-4,6,8-12H2,1-2H3,(H,18,19);1H. The Kier molecular flexibility index (Phi) is 8.55. The first-order valence-corrected chi connectivity index (χ1v) is 9.64. The van der Waals surface area contributed by atoms with E-state index in [-0.39, 0.29) is 24.0 Å². The van der Waals surface area contributed by atoms with E-state index in [0.717, 1.165) is 69.1 Å². The van der Waals surface area contributed by atoms with Gasteiger partial charge in [-0.3, -0.25) is 4.99 Å². The maximum Gasteiger partial charge on any atom is 0.205 e. The molecule has 0 unspecified atom stereocenters. The molecular weight excluding hydrogens is 463 g/mol. The minimum atomic E-state index is 0. The molecule has 1 aliphatic rings. The molecular formula is C16H27IN8S. The number of rotatable bonds is 6. The van der Waals surface area contributed by atoms with Crippen LogP contribution >= 0.6 is 35.5 Å². The summed E-state index contributed by atoms with van der Waals surface area (Å²) in [5.41, 5.74) is 0. The van der Waals surface area contributed by atoms with E-state index in [1.165, 1.54) is 11.5 Å². The van der Waals surface area contributed by atoms with E-state index in [0.29, 0.717) is 0 Å². The largest absolute Gasteiger partial charge is 0.357 e. The molecule has 8 nitrogen and oxygen atoms in total. The van der Waals surface area contributed by atoms with Crippen LogP contribution in [0.4, 0.5) is 5.13 Å². The lowest BCUT2D eigenvalue weighted by atomic mass is 10.3. The Morgan fingerprint density at radius 2 is 2.08 bits per heavy atom. The van der Waals surface area contributed by atoms with E-state index in [1.807, 2.05) is 17.1 Å². The highest BCUT2D eigenvalue weighted by atomic mass is 127. The lowest BCUT2D eigenvalue weighted by Crippen LogP contribution is -2.52. The molecule has 3 heterocycles. The van der Waals surface area contributed by atoms with Crippen LogP contribution in [-0.4, -0.2) is 69.0 Å². The van der Waals surface area contributed by atoms with Gasteiger partial charge in [0, 0.05) is 69.6 Å². The zero-order chi connectivity index (χ0) is 17.5. The predicted molar refractivity (Wildman–Crippen MR) is 117 cm³/mol. The van der Waals surface area contributed by atoms with Crippen LogP contribution in [-0.2, 0) is 13.0 Å². The second-order valence-corrected chi connectivity index (χ2v) is 6.59. The van der Waals surface area contributed by atoms with Crippen LogP contribution in [0.5, 0.6) is 0 Å². The Hall–Kier alpha value is -1.43. The highest BCUT2D eigenvalue weighted by molar-refractivity contribution is 14.0. The highest BCUT2D eigenvalue weighted by Crippen LogP contribution is 2.19. The summed E-state index contributed by atoms with van der Waals surface area (Å²) in [4.78, 5) is 18.1. The van der Waals surface area contributed by atoms with Crippen molar-refractivity contribution in [3.63, 3.8) is 0 Å². The van der Waals surface area contributed by atoms with Gasteiger partial charge in [0.05, 0.1) is 12.9 Å². The quantitative estimate of drug-likeness (QED) is 0.378. The van der Waals surface area contributed by atoms with Crippen LogP contribution in [0.2, 0.25) is 0 Å². The van der Waals surface area contributed by atoms with Gasteiger partial charge in [-0.25, -0.2) is 9.97 Å². The molecule has 0 amide bonds. The minimum Gasteiger partial charge on any atom is -0.357 e. The van der Waals surface area contributed by atoms with Crippen LogP contribution in [0.25, 0.3) is 0 Å². The molecule has 3 rings (SSSR count). The topological polar surface area (TPSA) is 74.5 Å².